The predicted molar refractivity (Wildman–Crippen MR) is 91.1 cm³/mol. The molecule has 0 aliphatic heterocycles. The Morgan fingerprint density at radius 2 is 1.73 bits per heavy atom. The standard InChI is InChI=1S/C20H19F2NO3/c21-16-8-6-15(7-9-16)20(10-3-11-20)19(25)26-13-18(24)23-12-14-4-1-2-5-17(14)22/h1-2,4-9H,3,10-13H2,(H,23,24). The summed E-state index contributed by atoms with van der Waals surface area (Å²) in [6.07, 6.45) is 2.08. The van der Waals surface area contributed by atoms with Gasteiger partial charge in [-0.1, -0.05) is 36.8 Å². The molecular formula is C20H19F2NO3. The van der Waals surface area contributed by atoms with Crippen LogP contribution in [-0.4, -0.2) is 18.5 Å². The Kier molecular flexibility index (Phi) is 5.30. The van der Waals surface area contributed by atoms with Crippen molar-refractivity contribution in [1.29, 1.82) is 0 Å². The van der Waals surface area contributed by atoms with Gasteiger partial charge in [-0.2, -0.15) is 0 Å². The van der Waals surface area contributed by atoms with Gasteiger partial charge in [0.2, 0.25) is 0 Å². The largest absolute Gasteiger partial charge is 0.455 e. The highest BCUT2D eigenvalue weighted by Gasteiger charge is 2.47. The van der Waals surface area contributed by atoms with Crippen LogP contribution in [0.4, 0.5) is 8.78 Å². The Hall–Kier alpha value is -2.76. The predicted octanol–water partition coefficient (Wildman–Crippen LogP) is 3.25. The summed E-state index contributed by atoms with van der Waals surface area (Å²) < 4.78 is 31.8. The molecule has 3 rings (SSSR count). The Morgan fingerprint density at radius 3 is 2.35 bits per heavy atom. The number of esters is 1. The first-order valence-electron chi connectivity index (χ1n) is 8.45. The van der Waals surface area contributed by atoms with Crippen LogP contribution in [0.2, 0.25) is 0 Å². The van der Waals surface area contributed by atoms with Crippen LogP contribution >= 0.6 is 0 Å². The molecule has 4 nitrogen and oxygen atoms in total. The lowest BCUT2D eigenvalue weighted by atomic mass is 9.64. The van der Waals surface area contributed by atoms with Crippen LogP contribution < -0.4 is 5.32 Å². The van der Waals surface area contributed by atoms with Crippen molar-refractivity contribution in [3.63, 3.8) is 0 Å². The molecule has 0 aromatic heterocycles. The second-order valence-corrected chi connectivity index (χ2v) is 6.39. The van der Waals surface area contributed by atoms with Crippen molar-refractivity contribution in [3.05, 3.63) is 71.3 Å². The molecule has 0 radical (unpaired) electrons. The third-order valence-corrected chi connectivity index (χ3v) is 4.76. The third-order valence-electron chi connectivity index (χ3n) is 4.76. The Balaban J connectivity index is 1.55. The van der Waals surface area contributed by atoms with Crippen LogP contribution in [0.5, 0.6) is 0 Å². The van der Waals surface area contributed by atoms with E-state index >= 15 is 0 Å². The molecule has 26 heavy (non-hydrogen) atoms. The van der Waals surface area contributed by atoms with E-state index in [9.17, 15) is 18.4 Å². The van der Waals surface area contributed by atoms with E-state index in [1.54, 1.807) is 30.3 Å². The van der Waals surface area contributed by atoms with Crippen LogP contribution in [0.15, 0.2) is 48.5 Å². The molecule has 1 saturated carbocycles. The number of amides is 1. The van der Waals surface area contributed by atoms with E-state index in [0.29, 0.717) is 24.0 Å². The number of nitrogens with one attached hydrogen (secondary N) is 1. The summed E-state index contributed by atoms with van der Waals surface area (Å²) in [4.78, 5) is 24.4. The van der Waals surface area contributed by atoms with E-state index in [2.05, 4.69) is 5.32 Å². The molecule has 0 atom stereocenters. The highest BCUT2D eigenvalue weighted by atomic mass is 19.1. The minimum atomic E-state index is -0.806. The number of benzene rings is 2. The van der Waals surface area contributed by atoms with E-state index in [0.717, 1.165) is 6.42 Å². The Labute approximate surface area is 150 Å². The van der Waals surface area contributed by atoms with E-state index in [1.165, 1.54) is 18.2 Å². The molecule has 2 aromatic carbocycles. The van der Waals surface area contributed by atoms with Crippen LogP contribution in [0, 0.1) is 11.6 Å². The third kappa shape index (κ3) is 3.74. The van der Waals surface area contributed by atoms with Gasteiger partial charge in [-0.25, -0.2) is 8.78 Å². The monoisotopic (exact) mass is 359 g/mol. The van der Waals surface area contributed by atoms with Gasteiger partial charge in [0.25, 0.3) is 5.91 Å². The normalized spacial score (nSPS) is 15.0. The maximum atomic E-state index is 13.5. The number of carbonyl (C=O) groups excluding carboxylic acids is 2. The summed E-state index contributed by atoms with van der Waals surface area (Å²) in [6.45, 7) is -0.414. The zero-order valence-electron chi connectivity index (χ0n) is 14.1. The zero-order chi connectivity index (χ0) is 18.6. The molecule has 0 spiro atoms. The second-order valence-electron chi connectivity index (χ2n) is 6.39. The van der Waals surface area contributed by atoms with Gasteiger partial charge in [0, 0.05) is 12.1 Å². The fraction of sp³-hybridized carbons (Fsp3) is 0.300. The van der Waals surface area contributed by atoms with Crippen molar-refractivity contribution in [3.8, 4) is 0 Å². The molecule has 1 N–H and O–H groups in total. The molecule has 136 valence electrons. The molecular weight excluding hydrogens is 340 g/mol. The van der Waals surface area contributed by atoms with Crippen LogP contribution in [-0.2, 0) is 26.3 Å². The van der Waals surface area contributed by atoms with E-state index in [4.69, 9.17) is 4.74 Å². The first-order valence-corrected chi connectivity index (χ1v) is 8.45. The molecule has 1 fully saturated rings. The van der Waals surface area contributed by atoms with Crippen molar-refractivity contribution in [1.82, 2.24) is 5.32 Å². The molecule has 1 amide bonds. The highest BCUT2D eigenvalue weighted by molar-refractivity contribution is 5.87. The van der Waals surface area contributed by atoms with Gasteiger partial charge in [-0.05, 0) is 36.6 Å². The van der Waals surface area contributed by atoms with Gasteiger partial charge in [0.1, 0.15) is 11.6 Å². The molecule has 0 heterocycles. The minimum Gasteiger partial charge on any atom is -0.455 e. The fourth-order valence-electron chi connectivity index (χ4n) is 3.07. The fourth-order valence-corrected chi connectivity index (χ4v) is 3.07. The van der Waals surface area contributed by atoms with Gasteiger partial charge in [-0.15, -0.1) is 0 Å². The van der Waals surface area contributed by atoms with Gasteiger partial charge >= 0.3 is 5.97 Å². The van der Waals surface area contributed by atoms with E-state index < -0.39 is 29.7 Å². The van der Waals surface area contributed by atoms with Crippen LogP contribution in [0.3, 0.4) is 0 Å². The quantitative estimate of drug-likeness (QED) is 0.806. The second kappa shape index (κ2) is 7.64. The first-order chi connectivity index (χ1) is 12.5. The van der Waals surface area contributed by atoms with E-state index in [1.807, 2.05) is 0 Å². The average Bonchev–Trinajstić information content (AvgIpc) is 2.60. The van der Waals surface area contributed by atoms with Crippen molar-refractivity contribution < 1.29 is 23.1 Å². The summed E-state index contributed by atoms with van der Waals surface area (Å²) in [5, 5.41) is 2.52. The topological polar surface area (TPSA) is 55.4 Å². The summed E-state index contributed by atoms with van der Waals surface area (Å²) in [5.74, 6) is -1.77. The van der Waals surface area contributed by atoms with Crippen molar-refractivity contribution in [2.75, 3.05) is 6.61 Å². The number of ether oxygens (including phenoxy) is 1. The van der Waals surface area contributed by atoms with Gasteiger partial charge in [0.15, 0.2) is 6.61 Å². The van der Waals surface area contributed by atoms with Crippen molar-refractivity contribution in [2.24, 2.45) is 0 Å². The van der Waals surface area contributed by atoms with Crippen molar-refractivity contribution in [2.45, 2.75) is 31.2 Å². The molecule has 2 aromatic rings. The van der Waals surface area contributed by atoms with Gasteiger partial charge in [0.05, 0.1) is 5.41 Å². The number of halogens is 2. The number of hydrogen-bond donors (Lipinski definition) is 1. The summed E-state index contributed by atoms with van der Waals surface area (Å²) >= 11 is 0. The van der Waals surface area contributed by atoms with Crippen LogP contribution in [0.25, 0.3) is 0 Å². The lowest BCUT2D eigenvalue weighted by molar-refractivity contribution is -0.157. The number of carbonyl (C=O) groups is 2. The summed E-state index contributed by atoms with van der Waals surface area (Å²) in [5.41, 5.74) is 0.246. The molecule has 0 saturated heterocycles. The van der Waals surface area contributed by atoms with Gasteiger partial charge in [-0.3, -0.25) is 9.59 Å². The Bertz CT molecular complexity index is 801. The van der Waals surface area contributed by atoms with Crippen LogP contribution in [0.1, 0.15) is 30.4 Å². The smallest absolute Gasteiger partial charge is 0.317 e. The molecule has 0 unspecified atom stereocenters. The molecule has 1 aliphatic rings. The minimum absolute atomic E-state index is 0.0200. The maximum absolute atomic E-state index is 13.5. The zero-order valence-corrected chi connectivity index (χ0v) is 14.1. The molecule has 0 bridgehead atoms. The average molecular weight is 359 g/mol. The lowest BCUT2D eigenvalue weighted by Gasteiger charge is -2.39. The highest BCUT2D eigenvalue weighted by Crippen LogP contribution is 2.44. The molecule has 1 aliphatic carbocycles. The SMILES string of the molecule is O=C(COC(=O)C1(c2ccc(F)cc2)CCC1)NCc1ccccc1F. The number of hydrogen-bond acceptors (Lipinski definition) is 3. The summed E-state index contributed by atoms with van der Waals surface area (Å²) in [6, 6.07) is 11.9. The number of rotatable bonds is 6. The lowest BCUT2D eigenvalue weighted by Crippen LogP contribution is -2.44. The van der Waals surface area contributed by atoms with E-state index in [-0.39, 0.29) is 12.4 Å². The summed E-state index contributed by atoms with van der Waals surface area (Å²) in [7, 11) is 0. The first kappa shape index (κ1) is 18.0. The maximum Gasteiger partial charge on any atom is 0.317 e. The van der Waals surface area contributed by atoms with Gasteiger partial charge < -0.3 is 10.1 Å². The molecule has 6 heteroatoms. The Morgan fingerprint density at radius 1 is 1.04 bits per heavy atom. The van der Waals surface area contributed by atoms with Crippen molar-refractivity contribution >= 4 is 11.9 Å².